The van der Waals surface area contributed by atoms with E-state index in [1.54, 1.807) is 17.5 Å². The van der Waals surface area contributed by atoms with Crippen LogP contribution in [0.2, 0.25) is 0 Å². The van der Waals surface area contributed by atoms with Crippen LogP contribution < -0.4 is 0 Å². The Kier molecular flexibility index (Phi) is 8.75. The molecular weight excluding hydrogens is 442 g/mol. The molecule has 3 heterocycles. The Hall–Kier alpha value is -0.230. The molecule has 0 bridgehead atoms. The van der Waals surface area contributed by atoms with Crippen molar-refractivity contribution in [2.45, 2.75) is 42.4 Å². The normalized spacial score (nSPS) is 22.4. The van der Waals surface area contributed by atoms with Crippen molar-refractivity contribution < 1.29 is 16.8 Å². The standard InChI is InChI=1S/C17H29N3O4S3.ClH/c1-26(21,22)20(13-6-11-18-9-2-3-10-18)16-7-4-12-19(15-16)27(23,24)17-8-5-14-25-17;/h5,8,14,16H,2-4,6-7,9-13,15H2,1H3;1H. The maximum absolute atomic E-state index is 12.8. The van der Waals surface area contributed by atoms with Crippen LogP contribution in [0, 0.1) is 0 Å². The summed E-state index contributed by atoms with van der Waals surface area (Å²) in [4.78, 5) is 2.37. The van der Waals surface area contributed by atoms with Gasteiger partial charge in [-0.2, -0.15) is 8.61 Å². The molecule has 7 nitrogen and oxygen atoms in total. The topological polar surface area (TPSA) is 78.0 Å². The van der Waals surface area contributed by atoms with Crippen LogP contribution in [0.5, 0.6) is 0 Å². The maximum atomic E-state index is 12.8. The van der Waals surface area contributed by atoms with Gasteiger partial charge in [0.25, 0.3) is 10.0 Å². The third-order valence-electron chi connectivity index (χ3n) is 5.33. The molecule has 0 spiro atoms. The molecule has 3 rings (SSSR count). The summed E-state index contributed by atoms with van der Waals surface area (Å²) in [5, 5.41) is 1.75. The predicted molar refractivity (Wildman–Crippen MR) is 115 cm³/mol. The van der Waals surface area contributed by atoms with Crippen molar-refractivity contribution in [3.05, 3.63) is 17.5 Å². The lowest BCUT2D eigenvalue weighted by atomic mass is 10.1. The number of halogens is 1. The second-order valence-electron chi connectivity index (χ2n) is 7.37. The molecule has 1 atom stereocenters. The van der Waals surface area contributed by atoms with Crippen molar-refractivity contribution >= 4 is 43.8 Å². The summed E-state index contributed by atoms with van der Waals surface area (Å²) in [5.74, 6) is 0. The minimum atomic E-state index is -3.54. The number of likely N-dealkylation sites (tertiary alicyclic amines) is 1. The third kappa shape index (κ3) is 5.90. The van der Waals surface area contributed by atoms with E-state index in [4.69, 9.17) is 0 Å². The van der Waals surface area contributed by atoms with E-state index in [0.29, 0.717) is 30.1 Å². The fraction of sp³-hybridized carbons (Fsp3) is 0.765. The number of rotatable bonds is 8. The van der Waals surface area contributed by atoms with Gasteiger partial charge in [0, 0.05) is 25.7 Å². The van der Waals surface area contributed by atoms with Gasteiger partial charge in [-0.25, -0.2) is 16.8 Å². The molecule has 162 valence electrons. The Morgan fingerprint density at radius 3 is 2.46 bits per heavy atom. The van der Waals surface area contributed by atoms with Crippen LogP contribution in [0.25, 0.3) is 0 Å². The summed E-state index contributed by atoms with van der Waals surface area (Å²) >= 11 is 1.20. The van der Waals surface area contributed by atoms with Crippen molar-refractivity contribution in [2.75, 3.05) is 45.5 Å². The van der Waals surface area contributed by atoms with Crippen LogP contribution in [-0.4, -0.2) is 81.9 Å². The largest absolute Gasteiger partial charge is 0.303 e. The quantitative estimate of drug-likeness (QED) is 0.580. The van der Waals surface area contributed by atoms with E-state index in [0.717, 1.165) is 26.1 Å². The lowest BCUT2D eigenvalue weighted by Crippen LogP contribution is -2.51. The van der Waals surface area contributed by atoms with Crippen LogP contribution in [-0.2, 0) is 20.0 Å². The third-order valence-corrected chi connectivity index (χ3v) is 9.90. The summed E-state index contributed by atoms with van der Waals surface area (Å²) in [6, 6.07) is 3.04. The summed E-state index contributed by atoms with van der Waals surface area (Å²) in [6.07, 6.45) is 5.82. The van der Waals surface area contributed by atoms with Gasteiger partial charge in [0.05, 0.1) is 6.26 Å². The Morgan fingerprint density at radius 1 is 1.14 bits per heavy atom. The first-order chi connectivity index (χ1) is 12.8. The molecule has 1 aromatic rings. The van der Waals surface area contributed by atoms with Gasteiger partial charge in [0.2, 0.25) is 10.0 Å². The number of hydrogen-bond donors (Lipinski definition) is 0. The fourth-order valence-corrected chi connectivity index (χ4v) is 7.82. The molecule has 1 aromatic heterocycles. The minimum absolute atomic E-state index is 0. The van der Waals surface area contributed by atoms with Crippen LogP contribution in [0.1, 0.15) is 32.1 Å². The molecule has 0 amide bonds. The lowest BCUT2D eigenvalue weighted by Gasteiger charge is -2.37. The molecule has 2 aliphatic rings. The van der Waals surface area contributed by atoms with Crippen LogP contribution >= 0.6 is 23.7 Å². The van der Waals surface area contributed by atoms with E-state index in [1.807, 2.05) is 0 Å². The average Bonchev–Trinajstić information content (AvgIpc) is 3.31. The van der Waals surface area contributed by atoms with Gasteiger partial charge in [-0.1, -0.05) is 6.07 Å². The second-order valence-corrected chi connectivity index (χ2v) is 12.4. The van der Waals surface area contributed by atoms with Gasteiger partial charge in [0.1, 0.15) is 4.21 Å². The van der Waals surface area contributed by atoms with Crippen LogP contribution in [0.3, 0.4) is 0 Å². The molecule has 11 heteroatoms. The molecule has 0 N–H and O–H groups in total. The number of nitrogens with zero attached hydrogens (tertiary/aromatic N) is 3. The van der Waals surface area contributed by atoms with Gasteiger partial charge in [-0.3, -0.25) is 0 Å². The number of piperidine rings is 1. The summed E-state index contributed by atoms with van der Waals surface area (Å²) in [6.45, 7) is 4.21. The summed E-state index contributed by atoms with van der Waals surface area (Å²) in [5.41, 5.74) is 0. The SMILES string of the molecule is CS(=O)(=O)N(CCCN1CCCC1)C1CCCN(S(=O)(=O)c2cccs2)C1.Cl. The van der Waals surface area contributed by atoms with E-state index >= 15 is 0 Å². The van der Waals surface area contributed by atoms with Gasteiger partial charge < -0.3 is 4.90 Å². The molecule has 0 aliphatic carbocycles. The van der Waals surface area contributed by atoms with E-state index < -0.39 is 20.0 Å². The van der Waals surface area contributed by atoms with E-state index in [1.165, 1.54) is 39.0 Å². The van der Waals surface area contributed by atoms with E-state index in [9.17, 15) is 16.8 Å². The molecule has 2 fully saturated rings. The average molecular weight is 472 g/mol. The number of thiophene rings is 1. The van der Waals surface area contributed by atoms with E-state index in [2.05, 4.69) is 4.90 Å². The first-order valence-electron chi connectivity index (χ1n) is 9.51. The van der Waals surface area contributed by atoms with Crippen LogP contribution in [0.15, 0.2) is 21.7 Å². The highest BCUT2D eigenvalue weighted by Gasteiger charge is 2.36. The molecule has 2 aliphatic heterocycles. The monoisotopic (exact) mass is 471 g/mol. The maximum Gasteiger partial charge on any atom is 0.252 e. The van der Waals surface area contributed by atoms with Gasteiger partial charge in [-0.15, -0.1) is 23.7 Å². The molecule has 0 saturated carbocycles. The zero-order valence-corrected chi connectivity index (χ0v) is 19.5. The zero-order valence-electron chi connectivity index (χ0n) is 16.2. The van der Waals surface area contributed by atoms with Crippen molar-refractivity contribution in [2.24, 2.45) is 0 Å². The fourth-order valence-electron chi connectivity index (χ4n) is 3.99. The highest BCUT2D eigenvalue weighted by molar-refractivity contribution is 7.91. The predicted octanol–water partition coefficient (Wildman–Crippen LogP) is 2.07. The Morgan fingerprint density at radius 2 is 1.86 bits per heavy atom. The van der Waals surface area contributed by atoms with Crippen molar-refractivity contribution in [1.29, 1.82) is 0 Å². The lowest BCUT2D eigenvalue weighted by molar-refractivity contribution is 0.203. The van der Waals surface area contributed by atoms with Gasteiger partial charge >= 0.3 is 0 Å². The van der Waals surface area contributed by atoms with Gasteiger partial charge in [-0.05, 0) is 63.2 Å². The molecule has 2 saturated heterocycles. The van der Waals surface area contributed by atoms with Crippen LogP contribution in [0.4, 0.5) is 0 Å². The molecular formula is C17H30ClN3O4S3. The Balaban J connectivity index is 0.00000280. The second kappa shape index (κ2) is 10.2. The van der Waals surface area contributed by atoms with Crippen molar-refractivity contribution in [3.8, 4) is 0 Å². The first kappa shape index (κ1) is 24.0. The highest BCUT2D eigenvalue weighted by Crippen LogP contribution is 2.26. The first-order valence-corrected chi connectivity index (χ1v) is 13.7. The molecule has 28 heavy (non-hydrogen) atoms. The van der Waals surface area contributed by atoms with Crippen molar-refractivity contribution in [1.82, 2.24) is 13.5 Å². The Labute approximate surface area is 179 Å². The van der Waals surface area contributed by atoms with E-state index in [-0.39, 0.29) is 25.0 Å². The Bertz CT molecular complexity index is 809. The van der Waals surface area contributed by atoms with Crippen molar-refractivity contribution in [3.63, 3.8) is 0 Å². The number of sulfonamides is 2. The number of hydrogen-bond acceptors (Lipinski definition) is 6. The summed E-state index contributed by atoms with van der Waals surface area (Å²) < 4.78 is 53.7. The summed E-state index contributed by atoms with van der Waals surface area (Å²) in [7, 11) is -6.93. The molecule has 0 aromatic carbocycles. The highest BCUT2D eigenvalue weighted by atomic mass is 35.5. The molecule has 0 radical (unpaired) electrons. The smallest absolute Gasteiger partial charge is 0.252 e. The van der Waals surface area contributed by atoms with Gasteiger partial charge in [0.15, 0.2) is 0 Å². The minimum Gasteiger partial charge on any atom is -0.303 e. The zero-order chi connectivity index (χ0) is 19.5. The molecule has 1 unspecified atom stereocenters.